The Kier molecular flexibility index (Phi) is 5.82. The molecule has 3 unspecified atom stereocenters. The zero-order valence-corrected chi connectivity index (χ0v) is 21.1. The topological polar surface area (TPSA) is 90.8 Å². The summed E-state index contributed by atoms with van der Waals surface area (Å²) in [5.74, 6) is 0.969. The summed E-state index contributed by atoms with van der Waals surface area (Å²) in [6, 6.07) is 8.40. The van der Waals surface area contributed by atoms with Crippen LogP contribution in [-0.4, -0.2) is 41.6 Å². The smallest absolute Gasteiger partial charge is 0.174 e. The Hall–Kier alpha value is -3.01. The molecule has 2 aromatic rings. The van der Waals surface area contributed by atoms with Crippen molar-refractivity contribution in [2.24, 2.45) is 10.8 Å². The third-order valence-electron chi connectivity index (χ3n) is 8.62. The van der Waals surface area contributed by atoms with Gasteiger partial charge in [0.15, 0.2) is 5.78 Å². The number of carbonyl (C=O) groups excluding carboxylic acids is 1. The molecule has 182 valence electrons. The molecule has 3 heterocycles. The van der Waals surface area contributed by atoms with Gasteiger partial charge in [-0.05, 0) is 46.1 Å². The Balaban J connectivity index is 1.62. The number of hydrogen-bond donors (Lipinski definition) is 2. The van der Waals surface area contributed by atoms with Crippen LogP contribution < -0.4 is 5.32 Å². The fourth-order valence-electron chi connectivity index (χ4n) is 6.03. The number of benzene rings is 1. The van der Waals surface area contributed by atoms with Crippen molar-refractivity contribution in [1.82, 2.24) is 15.3 Å². The Labute approximate surface area is 207 Å². The van der Waals surface area contributed by atoms with Crippen LogP contribution in [0.25, 0.3) is 11.3 Å². The van der Waals surface area contributed by atoms with Crippen molar-refractivity contribution >= 4 is 5.78 Å². The molecule has 0 amide bonds. The maximum Gasteiger partial charge on any atom is 0.174 e. The number of nitrogens with one attached hydrogen (secondary N) is 2. The number of Topliss-reactive ketones (excluding diaryl/α,β-unsaturated/α-hetero) is 1. The van der Waals surface area contributed by atoms with Crippen molar-refractivity contribution in [3.63, 3.8) is 0 Å². The standard InChI is InChI=1S/C29H34N4O2/c1-19-8-9-22(25(34)29(18-31-21(29)3)28(17-30)10-6-5-7-11-28)23(16-19)24-20(2)32-26(33-24)27(4)12-14-35-15-13-27/h5-10,16,21,31H,11-15,18H2,1-4H3,(H,32,33). The molecule has 3 atom stereocenters. The number of carbonyl (C=O) groups is 1. The molecule has 0 radical (unpaired) electrons. The number of aromatic nitrogens is 2. The number of H-pyrrole nitrogens is 1. The maximum atomic E-state index is 14.5. The number of imidazole rings is 1. The van der Waals surface area contributed by atoms with E-state index in [2.05, 4.69) is 29.4 Å². The van der Waals surface area contributed by atoms with Gasteiger partial charge in [0.05, 0.1) is 22.6 Å². The van der Waals surface area contributed by atoms with E-state index in [9.17, 15) is 10.1 Å². The first kappa shape index (κ1) is 23.7. The van der Waals surface area contributed by atoms with Gasteiger partial charge in [-0.25, -0.2) is 4.98 Å². The summed E-state index contributed by atoms with van der Waals surface area (Å²) in [7, 11) is 0. The number of aryl methyl sites for hydroxylation is 2. The predicted octanol–water partition coefficient (Wildman–Crippen LogP) is 4.95. The van der Waals surface area contributed by atoms with Crippen molar-refractivity contribution in [1.29, 1.82) is 5.26 Å². The van der Waals surface area contributed by atoms with E-state index in [0.29, 0.717) is 18.5 Å². The first-order valence-electron chi connectivity index (χ1n) is 12.6. The van der Waals surface area contributed by atoms with Gasteiger partial charge in [0.25, 0.3) is 0 Å². The van der Waals surface area contributed by atoms with Gasteiger partial charge in [0.2, 0.25) is 0 Å². The van der Waals surface area contributed by atoms with Gasteiger partial charge < -0.3 is 15.0 Å². The quantitative estimate of drug-likeness (QED) is 0.604. The predicted molar refractivity (Wildman–Crippen MR) is 136 cm³/mol. The lowest BCUT2D eigenvalue weighted by Gasteiger charge is -2.55. The minimum absolute atomic E-state index is 0.0153. The second kappa shape index (κ2) is 8.58. The molecule has 1 aliphatic carbocycles. The maximum absolute atomic E-state index is 14.5. The highest BCUT2D eigenvalue weighted by molar-refractivity contribution is 6.08. The van der Waals surface area contributed by atoms with Crippen LogP contribution in [0.5, 0.6) is 0 Å². The van der Waals surface area contributed by atoms with Crippen molar-refractivity contribution in [3.8, 4) is 17.3 Å². The largest absolute Gasteiger partial charge is 0.381 e. The van der Waals surface area contributed by atoms with E-state index in [1.165, 1.54) is 0 Å². The second-order valence-corrected chi connectivity index (χ2v) is 10.8. The molecule has 6 heteroatoms. The van der Waals surface area contributed by atoms with Gasteiger partial charge in [-0.3, -0.25) is 4.79 Å². The third kappa shape index (κ3) is 3.52. The van der Waals surface area contributed by atoms with Crippen molar-refractivity contribution in [3.05, 3.63) is 65.1 Å². The van der Waals surface area contributed by atoms with Gasteiger partial charge >= 0.3 is 0 Å². The molecule has 0 spiro atoms. The third-order valence-corrected chi connectivity index (χ3v) is 8.62. The first-order chi connectivity index (χ1) is 16.8. The van der Waals surface area contributed by atoms with E-state index in [0.717, 1.165) is 54.4 Å². The Morgan fingerprint density at radius 3 is 2.60 bits per heavy atom. The van der Waals surface area contributed by atoms with E-state index in [-0.39, 0.29) is 17.2 Å². The summed E-state index contributed by atoms with van der Waals surface area (Å²) in [5.41, 5.74) is 2.53. The van der Waals surface area contributed by atoms with Gasteiger partial charge in [0.1, 0.15) is 5.82 Å². The SMILES string of the molecule is Cc1ccc(C(=O)C2(C3(C#N)C=CC=CC3)CNC2C)c(-c2nc(C3(C)CCOCC3)[nH]c2C)c1. The number of nitrogens with zero attached hydrogens (tertiary/aromatic N) is 2. The fraction of sp³-hybridized carbons (Fsp3) is 0.483. The highest BCUT2D eigenvalue weighted by atomic mass is 16.5. The number of ether oxygens (including phenoxy) is 1. The van der Waals surface area contributed by atoms with Crippen LogP contribution in [0.15, 0.2) is 42.5 Å². The number of rotatable bonds is 5. The molecule has 3 aliphatic rings. The number of ketones is 1. The van der Waals surface area contributed by atoms with Crippen LogP contribution in [0.1, 0.15) is 60.5 Å². The Morgan fingerprint density at radius 1 is 1.23 bits per heavy atom. The highest BCUT2D eigenvalue weighted by Gasteiger charge is 2.63. The average molecular weight is 471 g/mol. The van der Waals surface area contributed by atoms with Gasteiger partial charge in [0, 0.05) is 48.0 Å². The summed E-state index contributed by atoms with van der Waals surface area (Å²) in [6.07, 6.45) is 10.1. The molecule has 2 fully saturated rings. The Morgan fingerprint density at radius 2 is 2.00 bits per heavy atom. The summed E-state index contributed by atoms with van der Waals surface area (Å²) in [5, 5.41) is 13.7. The molecule has 2 N–H and O–H groups in total. The van der Waals surface area contributed by atoms with Gasteiger partial charge in [-0.1, -0.05) is 48.9 Å². The molecule has 5 rings (SSSR count). The lowest BCUT2D eigenvalue weighted by molar-refractivity contribution is 0.0138. The minimum Gasteiger partial charge on any atom is -0.381 e. The molecule has 6 nitrogen and oxygen atoms in total. The molecule has 0 bridgehead atoms. The normalized spacial score (nSPS) is 29.4. The van der Waals surface area contributed by atoms with E-state index in [1.54, 1.807) is 0 Å². The van der Waals surface area contributed by atoms with Crippen LogP contribution in [0, 0.1) is 36.0 Å². The summed E-state index contributed by atoms with van der Waals surface area (Å²) >= 11 is 0. The van der Waals surface area contributed by atoms with Crippen LogP contribution in [0.2, 0.25) is 0 Å². The van der Waals surface area contributed by atoms with E-state index < -0.39 is 10.8 Å². The highest BCUT2D eigenvalue weighted by Crippen LogP contribution is 2.53. The van der Waals surface area contributed by atoms with E-state index in [4.69, 9.17) is 9.72 Å². The van der Waals surface area contributed by atoms with E-state index >= 15 is 0 Å². The number of allylic oxidation sites excluding steroid dienone is 4. The van der Waals surface area contributed by atoms with E-state index in [1.807, 2.05) is 57.2 Å². The summed E-state index contributed by atoms with van der Waals surface area (Å²) < 4.78 is 5.59. The van der Waals surface area contributed by atoms with Crippen LogP contribution in [-0.2, 0) is 10.2 Å². The number of hydrogen-bond acceptors (Lipinski definition) is 5. The molecule has 2 aliphatic heterocycles. The fourth-order valence-corrected chi connectivity index (χ4v) is 6.03. The van der Waals surface area contributed by atoms with Crippen molar-refractivity contribution in [2.45, 2.75) is 58.4 Å². The molecule has 0 saturated carbocycles. The Bertz CT molecular complexity index is 1260. The van der Waals surface area contributed by atoms with Crippen LogP contribution >= 0.6 is 0 Å². The van der Waals surface area contributed by atoms with Crippen LogP contribution in [0.4, 0.5) is 0 Å². The van der Waals surface area contributed by atoms with Gasteiger partial charge in [-0.15, -0.1) is 0 Å². The average Bonchev–Trinajstić information content (AvgIpc) is 3.26. The minimum atomic E-state index is -0.882. The van der Waals surface area contributed by atoms with Crippen LogP contribution in [0.3, 0.4) is 0 Å². The zero-order chi connectivity index (χ0) is 24.8. The van der Waals surface area contributed by atoms with Crippen molar-refractivity contribution < 1.29 is 9.53 Å². The molecule has 1 aromatic carbocycles. The molecular weight excluding hydrogens is 436 g/mol. The summed E-state index contributed by atoms with van der Waals surface area (Å²) in [4.78, 5) is 23.1. The second-order valence-electron chi connectivity index (χ2n) is 10.8. The molecule has 1 aromatic heterocycles. The van der Waals surface area contributed by atoms with Gasteiger partial charge in [-0.2, -0.15) is 5.26 Å². The lowest BCUT2D eigenvalue weighted by Crippen LogP contribution is -2.71. The molecular formula is C29H34N4O2. The number of nitriles is 1. The zero-order valence-electron chi connectivity index (χ0n) is 21.1. The molecule has 35 heavy (non-hydrogen) atoms. The molecule has 2 saturated heterocycles. The summed E-state index contributed by atoms with van der Waals surface area (Å²) in [6.45, 7) is 10.3. The lowest BCUT2D eigenvalue weighted by atomic mass is 9.51. The van der Waals surface area contributed by atoms with Crippen molar-refractivity contribution in [2.75, 3.05) is 19.8 Å². The number of aromatic amines is 1. The first-order valence-corrected chi connectivity index (χ1v) is 12.6. The monoisotopic (exact) mass is 470 g/mol.